The highest BCUT2D eigenvalue weighted by Crippen LogP contribution is 2.28. The summed E-state index contributed by atoms with van der Waals surface area (Å²) in [5, 5.41) is 3.72. The second-order valence-corrected chi connectivity index (χ2v) is 4.34. The fourth-order valence-corrected chi connectivity index (χ4v) is 2.02. The third-order valence-electron chi connectivity index (χ3n) is 2.82. The topological polar surface area (TPSA) is 39.1 Å². The normalized spacial score (nSPS) is 10.7. The lowest BCUT2D eigenvalue weighted by Gasteiger charge is -2.01. The summed E-state index contributed by atoms with van der Waals surface area (Å²) in [7, 11) is 5.44. The maximum Gasteiger partial charge on any atom is 0.136 e. The third-order valence-corrected chi connectivity index (χ3v) is 3.25. The van der Waals surface area contributed by atoms with Gasteiger partial charge in [0.2, 0.25) is 0 Å². The van der Waals surface area contributed by atoms with Crippen LogP contribution in [0, 0.1) is 0 Å². The van der Waals surface area contributed by atoms with Crippen molar-refractivity contribution in [2.24, 2.45) is 7.05 Å². The highest BCUT2D eigenvalue weighted by atomic mass is 35.5. The molecule has 0 radical (unpaired) electrons. The molecule has 0 spiro atoms. The molecule has 0 atom stereocenters. The minimum absolute atomic E-state index is 0.644. The number of imidazole rings is 1. The third kappa shape index (κ3) is 2.35. The van der Waals surface area contributed by atoms with Crippen LogP contribution in [0.1, 0.15) is 5.82 Å². The summed E-state index contributed by atoms with van der Waals surface area (Å²) in [6, 6.07) is 7.71. The van der Waals surface area contributed by atoms with Crippen LogP contribution in [0.25, 0.3) is 11.3 Å². The fourth-order valence-electron chi connectivity index (χ4n) is 1.77. The number of halogens is 1. The van der Waals surface area contributed by atoms with E-state index < -0.39 is 0 Å². The van der Waals surface area contributed by atoms with Crippen molar-refractivity contribution in [3.63, 3.8) is 0 Å². The monoisotopic (exact) mass is 265 g/mol. The molecule has 0 fully saturated rings. The van der Waals surface area contributed by atoms with Crippen LogP contribution in [0.15, 0.2) is 24.3 Å². The van der Waals surface area contributed by atoms with Gasteiger partial charge in [-0.25, -0.2) is 4.98 Å². The molecular weight excluding hydrogens is 250 g/mol. The van der Waals surface area contributed by atoms with Gasteiger partial charge in [0.15, 0.2) is 0 Å². The lowest BCUT2D eigenvalue weighted by Crippen LogP contribution is -2.10. The average molecular weight is 266 g/mol. The van der Waals surface area contributed by atoms with E-state index in [1.54, 1.807) is 7.11 Å². The summed E-state index contributed by atoms with van der Waals surface area (Å²) in [6.07, 6.45) is 0. The zero-order chi connectivity index (χ0) is 13.1. The first-order valence-corrected chi connectivity index (χ1v) is 6.05. The summed E-state index contributed by atoms with van der Waals surface area (Å²) in [5.74, 6) is 1.73. The average Bonchev–Trinajstić information content (AvgIpc) is 2.68. The highest BCUT2D eigenvalue weighted by molar-refractivity contribution is 6.32. The molecule has 18 heavy (non-hydrogen) atoms. The van der Waals surface area contributed by atoms with Gasteiger partial charge in [-0.2, -0.15) is 0 Å². The largest absolute Gasteiger partial charge is 0.497 e. The molecule has 96 valence electrons. The van der Waals surface area contributed by atoms with E-state index in [2.05, 4.69) is 10.3 Å². The van der Waals surface area contributed by atoms with Gasteiger partial charge >= 0.3 is 0 Å². The molecule has 1 aromatic heterocycles. The summed E-state index contributed by atoms with van der Waals surface area (Å²) < 4.78 is 7.02. The van der Waals surface area contributed by atoms with Gasteiger partial charge in [0.25, 0.3) is 0 Å². The van der Waals surface area contributed by atoms with Gasteiger partial charge in [-0.3, -0.25) is 0 Å². The molecule has 5 heteroatoms. The molecule has 0 amide bonds. The van der Waals surface area contributed by atoms with Gasteiger partial charge in [-0.1, -0.05) is 11.6 Å². The van der Waals surface area contributed by atoms with Crippen molar-refractivity contribution in [3.05, 3.63) is 35.2 Å². The molecule has 2 aromatic rings. The minimum atomic E-state index is 0.644. The quantitative estimate of drug-likeness (QED) is 0.923. The summed E-state index contributed by atoms with van der Waals surface area (Å²) in [5.41, 5.74) is 1.78. The van der Waals surface area contributed by atoms with Gasteiger partial charge in [-0.05, 0) is 31.3 Å². The molecule has 1 N–H and O–H groups in total. The van der Waals surface area contributed by atoms with Crippen LogP contribution in [-0.4, -0.2) is 23.7 Å². The van der Waals surface area contributed by atoms with E-state index in [1.165, 1.54) is 0 Å². The fraction of sp³-hybridized carbons (Fsp3) is 0.308. The van der Waals surface area contributed by atoms with Gasteiger partial charge in [0, 0.05) is 12.6 Å². The van der Waals surface area contributed by atoms with E-state index in [9.17, 15) is 0 Å². The first kappa shape index (κ1) is 12.9. The van der Waals surface area contributed by atoms with E-state index in [0.717, 1.165) is 22.8 Å². The molecule has 0 saturated heterocycles. The number of rotatable bonds is 4. The second kappa shape index (κ2) is 5.42. The summed E-state index contributed by atoms with van der Waals surface area (Å²) in [4.78, 5) is 4.55. The molecule has 1 heterocycles. The highest BCUT2D eigenvalue weighted by Gasteiger charge is 2.13. The Morgan fingerprint density at radius 1 is 1.33 bits per heavy atom. The molecule has 4 nitrogen and oxygen atoms in total. The first-order valence-electron chi connectivity index (χ1n) is 5.67. The molecule has 1 aromatic carbocycles. The van der Waals surface area contributed by atoms with E-state index in [-0.39, 0.29) is 0 Å². The number of methoxy groups -OCH3 is 1. The van der Waals surface area contributed by atoms with Crippen LogP contribution in [-0.2, 0) is 13.6 Å². The first-order chi connectivity index (χ1) is 8.67. The Morgan fingerprint density at radius 3 is 2.56 bits per heavy atom. The molecule has 0 aliphatic heterocycles. The number of nitrogens with one attached hydrogen (secondary N) is 1. The van der Waals surface area contributed by atoms with Crippen molar-refractivity contribution >= 4 is 11.6 Å². The number of hydrogen-bond donors (Lipinski definition) is 1. The Labute approximate surface area is 112 Å². The van der Waals surface area contributed by atoms with Crippen molar-refractivity contribution in [1.29, 1.82) is 0 Å². The van der Waals surface area contributed by atoms with E-state index in [1.807, 2.05) is 42.9 Å². The molecule has 2 rings (SSSR count). The van der Waals surface area contributed by atoms with Crippen molar-refractivity contribution in [3.8, 4) is 17.0 Å². The predicted molar refractivity (Wildman–Crippen MR) is 73.0 cm³/mol. The van der Waals surface area contributed by atoms with E-state index >= 15 is 0 Å². The number of benzene rings is 1. The van der Waals surface area contributed by atoms with E-state index in [0.29, 0.717) is 11.7 Å². The Morgan fingerprint density at radius 2 is 2.00 bits per heavy atom. The Balaban J connectivity index is 2.40. The molecule has 0 saturated carbocycles. The zero-order valence-corrected chi connectivity index (χ0v) is 11.5. The SMILES string of the molecule is CNCc1nc(-c2ccc(OC)cc2)c(Cl)n1C. The lowest BCUT2D eigenvalue weighted by atomic mass is 10.1. The van der Waals surface area contributed by atoms with Crippen molar-refractivity contribution in [2.75, 3.05) is 14.2 Å². The van der Waals surface area contributed by atoms with Crippen LogP contribution in [0.3, 0.4) is 0 Å². The van der Waals surface area contributed by atoms with Crippen LogP contribution in [0.2, 0.25) is 5.15 Å². The number of ether oxygens (including phenoxy) is 1. The number of aromatic nitrogens is 2. The molecule has 0 aliphatic rings. The zero-order valence-electron chi connectivity index (χ0n) is 10.7. The molecule has 0 bridgehead atoms. The van der Waals surface area contributed by atoms with Gasteiger partial charge in [0.1, 0.15) is 22.4 Å². The van der Waals surface area contributed by atoms with Crippen LogP contribution < -0.4 is 10.1 Å². The molecular formula is C13H16ClN3O. The van der Waals surface area contributed by atoms with Crippen molar-refractivity contribution < 1.29 is 4.74 Å². The maximum absolute atomic E-state index is 6.30. The van der Waals surface area contributed by atoms with Gasteiger partial charge in [0.05, 0.1) is 13.7 Å². The Bertz CT molecular complexity index is 534. The number of hydrogen-bond acceptors (Lipinski definition) is 3. The molecule has 0 aliphatic carbocycles. The predicted octanol–water partition coefficient (Wildman–Crippen LogP) is 2.47. The standard InChI is InChI=1S/C13H16ClN3O/c1-15-8-11-16-12(13(14)17(11)2)9-4-6-10(18-3)7-5-9/h4-7,15H,8H2,1-3H3. The van der Waals surface area contributed by atoms with Crippen LogP contribution in [0.5, 0.6) is 5.75 Å². The second-order valence-electron chi connectivity index (χ2n) is 3.99. The molecule has 0 unspecified atom stereocenters. The van der Waals surface area contributed by atoms with Gasteiger partial charge < -0.3 is 14.6 Å². The van der Waals surface area contributed by atoms with Gasteiger partial charge in [-0.15, -0.1) is 0 Å². The van der Waals surface area contributed by atoms with Crippen LogP contribution >= 0.6 is 11.6 Å². The maximum atomic E-state index is 6.30. The minimum Gasteiger partial charge on any atom is -0.497 e. The Kier molecular flexibility index (Phi) is 3.89. The Hall–Kier alpha value is -1.52. The number of nitrogens with zero attached hydrogens (tertiary/aromatic N) is 2. The van der Waals surface area contributed by atoms with Crippen LogP contribution in [0.4, 0.5) is 0 Å². The lowest BCUT2D eigenvalue weighted by molar-refractivity contribution is 0.415. The summed E-state index contributed by atoms with van der Waals surface area (Å²) in [6.45, 7) is 0.687. The van der Waals surface area contributed by atoms with E-state index in [4.69, 9.17) is 16.3 Å². The van der Waals surface area contributed by atoms with Crippen molar-refractivity contribution in [1.82, 2.24) is 14.9 Å². The van der Waals surface area contributed by atoms with Crippen molar-refractivity contribution in [2.45, 2.75) is 6.54 Å². The summed E-state index contributed by atoms with van der Waals surface area (Å²) >= 11 is 6.30. The smallest absolute Gasteiger partial charge is 0.136 e.